The molecule has 0 N–H and O–H groups in total. The molecule has 1 aliphatic rings. The Labute approximate surface area is 170 Å². The molecule has 0 aromatic heterocycles. The maximum Gasteiger partial charge on any atom is 0.184 e. The van der Waals surface area contributed by atoms with Crippen molar-refractivity contribution in [3.8, 4) is 5.75 Å². The van der Waals surface area contributed by atoms with Crippen molar-refractivity contribution in [2.24, 2.45) is 0 Å². The van der Waals surface area contributed by atoms with Gasteiger partial charge in [-0.05, 0) is 56.1 Å². The lowest BCUT2D eigenvalue weighted by Crippen LogP contribution is -2.40. The number of para-hydroxylation sites is 1. The van der Waals surface area contributed by atoms with E-state index >= 15 is 0 Å². The predicted octanol–water partition coefficient (Wildman–Crippen LogP) is 3.88. The topological polar surface area (TPSA) is 46.6 Å². The van der Waals surface area contributed by atoms with E-state index in [9.17, 15) is 17.2 Å². The summed E-state index contributed by atoms with van der Waals surface area (Å²) in [6, 6.07) is 10.3. The van der Waals surface area contributed by atoms with Crippen LogP contribution in [0.4, 0.5) is 8.78 Å². The van der Waals surface area contributed by atoms with Crippen LogP contribution in [0, 0.1) is 11.6 Å². The molecule has 0 atom stereocenters. The third-order valence-electron chi connectivity index (χ3n) is 5.06. The van der Waals surface area contributed by atoms with E-state index in [0.29, 0.717) is 50.2 Å². The molecule has 0 saturated carbocycles. The number of nitrogens with zero attached hydrogens (tertiary/aromatic N) is 1. The summed E-state index contributed by atoms with van der Waals surface area (Å²) in [5.74, 6) is -0.756. The van der Waals surface area contributed by atoms with E-state index in [2.05, 4.69) is 4.90 Å². The number of sulfone groups is 1. The monoisotopic (exact) mass is 431 g/mol. The Morgan fingerprint density at radius 2 is 1.79 bits per heavy atom. The zero-order valence-electron chi connectivity index (χ0n) is 15.6. The molecule has 0 unspecified atom stereocenters. The Morgan fingerprint density at radius 3 is 2.43 bits per heavy atom. The van der Waals surface area contributed by atoms with Gasteiger partial charge in [-0.2, -0.15) is 0 Å². The van der Waals surface area contributed by atoms with Crippen molar-refractivity contribution < 1.29 is 21.9 Å². The van der Waals surface area contributed by atoms with Crippen molar-refractivity contribution in [3.63, 3.8) is 0 Å². The zero-order chi connectivity index (χ0) is 19.4. The van der Waals surface area contributed by atoms with Gasteiger partial charge in [0, 0.05) is 12.6 Å². The van der Waals surface area contributed by atoms with Gasteiger partial charge in [0.05, 0.1) is 12.4 Å². The Hall–Kier alpha value is -1.70. The van der Waals surface area contributed by atoms with Gasteiger partial charge in [-0.25, -0.2) is 17.2 Å². The van der Waals surface area contributed by atoms with Crippen LogP contribution in [0.1, 0.15) is 18.4 Å². The molecule has 1 fully saturated rings. The first-order valence-corrected chi connectivity index (χ1v) is 10.5. The van der Waals surface area contributed by atoms with Crippen molar-refractivity contribution in [1.82, 2.24) is 4.90 Å². The first-order chi connectivity index (χ1) is 12.9. The summed E-state index contributed by atoms with van der Waals surface area (Å²) in [4.78, 5) is 2.36. The van der Waals surface area contributed by atoms with Gasteiger partial charge in [0.25, 0.3) is 0 Å². The Kier molecular flexibility index (Phi) is 7.80. The number of methoxy groups -OCH3 is 1. The second-order valence-electron chi connectivity index (χ2n) is 6.72. The van der Waals surface area contributed by atoms with Crippen LogP contribution in [0.5, 0.6) is 5.75 Å². The minimum atomic E-state index is -3.46. The van der Waals surface area contributed by atoms with E-state index in [1.54, 1.807) is 24.3 Å². The number of halogens is 3. The standard InChI is InChI=1S/C20H23F2NO3S.ClH/c1-26-19-4-2-3-5-20(19)27(24,25)17-9-12-23(13-10-17)11-8-15-6-7-16(21)14-18(15)22;/h2-7,14,17H,8-13H2,1H3;1H. The van der Waals surface area contributed by atoms with Gasteiger partial charge in [0.1, 0.15) is 22.3 Å². The van der Waals surface area contributed by atoms with Gasteiger partial charge in [-0.15, -0.1) is 12.4 Å². The summed E-state index contributed by atoms with van der Waals surface area (Å²) in [5.41, 5.74) is 0.472. The van der Waals surface area contributed by atoms with Crippen LogP contribution in [-0.4, -0.2) is 45.3 Å². The number of hydrogen-bond donors (Lipinski definition) is 0. The van der Waals surface area contributed by atoms with Crippen molar-refractivity contribution in [3.05, 3.63) is 59.7 Å². The Morgan fingerprint density at radius 1 is 1.11 bits per heavy atom. The minimum absolute atomic E-state index is 0. The Balaban J connectivity index is 0.00000280. The van der Waals surface area contributed by atoms with E-state index in [1.807, 2.05) is 0 Å². The molecule has 1 heterocycles. The quantitative estimate of drug-likeness (QED) is 0.696. The molecule has 154 valence electrons. The lowest BCUT2D eigenvalue weighted by Gasteiger charge is -2.31. The maximum atomic E-state index is 13.7. The summed E-state index contributed by atoms with van der Waals surface area (Å²) in [6.07, 6.45) is 1.51. The fourth-order valence-corrected chi connectivity index (χ4v) is 5.37. The molecular weight excluding hydrogens is 408 g/mol. The van der Waals surface area contributed by atoms with Gasteiger partial charge in [0.15, 0.2) is 9.84 Å². The molecule has 28 heavy (non-hydrogen) atoms. The minimum Gasteiger partial charge on any atom is -0.495 e. The largest absolute Gasteiger partial charge is 0.495 e. The van der Waals surface area contributed by atoms with E-state index in [-0.39, 0.29) is 17.3 Å². The molecular formula is C20H24ClF2NO3S. The highest BCUT2D eigenvalue weighted by atomic mass is 35.5. The van der Waals surface area contributed by atoms with E-state index < -0.39 is 26.7 Å². The van der Waals surface area contributed by atoms with Crippen molar-refractivity contribution in [2.75, 3.05) is 26.7 Å². The molecule has 4 nitrogen and oxygen atoms in total. The van der Waals surface area contributed by atoms with Gasteiger partial charge >= 0.3 is 0 Å². The summed E-state index contributed by atoms with van der Waals surface area (Å²) >= 11 is 0. The highest BCUT2D eigenvalue weighted by Gasteiger charge is 2.33. The van der Waals surface area contributed by atoms with Gasteiger partial charge < -0.3 is 9.64 Å². The lowest BCUT2D eigenvalue weighted by molar-refractivity contribution is 0.231. The molecule has 0 spiro atoms. The van der Waals surface area contributed by atoms with Crippen LogP contribution in [0.3, 0.4) is 0 Å². The molecule has 0 amide bonds. The van der Waals surface area contributed by atoms with E-state index in [0.717, 1.165) is 6.07 Å². The van der Waals surface area contributed by atoms with Crippen LogP contribution >= 0.6 is 12.4 Å². The SMILES string of the molecule is COc1ccccc1S(=O)(=O)C1CCN(CCc2ccc(F)cc2F)CC1.Cl. The molecule has 8 heteroatoms. The Bertz CT molecular complexity index is 900. The molecule has 0 bridgehead atoms. The van der Waals surface area contributed by atoms with Crippen LogP contribution in [0.25, 0.3) is 0 Å². The number of likely N-dealkylation sites (tertiary alicyclic amines) is 1. The number of benzene rings is 2. The maximum absolute atomic E-state index is 13.7. The predicted molar refractivity (Wildman–Crippen MR) is 107 cm³/mol. The van der Waals surface area contributed by atoms with Crippen molar-refractivity contribution in [1.29, 1.82) is 0 Å². The molecule has 1 aliphatic heterocycles. The normalized spacial score (nSPS) is 15.8. The van der Waals surface area contributed by atoms with Gasteiger partial charge in [-0.1, -0.05) is 18.2 Å². The summed E-state index contributed by atoms with van der Waals surface area (Å²) in [5, 5.41) is -0.451. The van der Waals surface area contributed by atoms with Crippen LogP contribution < -0.4 is 4.74 Å². The first kappa shape index (κ1) is 22.6. The smallest absolute Gasteiger partial charge is 0.184 e. The summed E-state index contributed by atoms with van der Waals surface area (Å²) in [7, 11) is -2.00. The number of hydrogen-bond acceptors (Lipinski definition) is 4. The first-order valence-electron chi connectivity index (χ1n) is 8.95. The van der Waals surface area contributed by atoms with Gasteiger partial charge in [0.2, 0.25) is 0 Å². The molecule has 0 aliphatic carbocycles. The van der Waals surface area contributed by atoms with Crippen LogP contribution in [0.15, 0.2) is 47.4 Å². The fourth-order valence-electron chi connectivity index (χ4n) is 3.48. The average molecular weight is 432 g/mol. The summed E-state index contributed by atoms with van der Waals surface area (Å²) < 4.78 is 57.8. The van der Waals surface area contributed by atoms with Crippen LogP contribution in [-0.2, 0) is 16.3 Å². The molecule has 2 aromatic carbocycles. The second-order valence-corrected chi connectivity index (χ2v) is 8.92. The number of rotatable bonds is 6. The number of ether oxygens (including phenoxy) is 1. The fraction of sp³-hybridized carbons (Fsp3) is 0.400. The van der Waals surface area contributed by atoms with Crippen LogP contribution in [0.2, 0.25) is 0 Å². The molecule has 1 saturated heterocycles. The highest BCUT2D eigenvalue weighted by Crippen LogP contribution is 2.30. The summed E-state index contributed by atoms with van der Waals surface area (Å²) in [6.45, 7) is 1.87. The van der Waals surface area contributed by atoms with Crippen molar-refractivity contribution in [2.45, 2.75) is 29.4 Å². The average Bonchev–Trinajstić information content (AvgIpc) is 2.67. The second kappa shape index (κ2) is 9.67. The zero-order valence-corrected chi connectivity index (χ0v) is 17.2. The molecule has 3 rings (SSSR count). The third-order valence-corrected chi connectivity index (χ3v) is 7.36. The third kappa shape index (κ3) is 5.01. The van der Waals surface area contributed by atoms with Crippen molar-refractivity contribution >= 4 is 22.2 Å². The number of piperidine rings is 1. The van der Waals surface area contributed by atoms with E-state index in [4.69, 9.17) is 4.74 Å². The molecule has 0 radical (unpaired) electrons. The van der Waals surface area contributed by atoms with Gasteiger partial charge in [-0.3, -0.25) is 0 Å². The molecule has 2 aromatic rings. The lowest BCUT2D eigenvalue weighted by atomic mass is 10.1. The van der Waals surface area contributed by atoms with E-state index in [1.165, 1.54) is 19.2 Å². The highest BCUT2D eigenvalue weighted by molar-refractivity contribution is 7.92.